The van der Waals surface area contributed by atoms with Crippen LogP contribution in [0, 0.1) is 30.1 Å². The van der Waals surface area contributed by atoms with Crippen LogP contribution in [0.25, 0.3) is 0 Å². The number of hydrogen-bond donors (Lipinski definition) is 1. The molecule has 23 heavy (non-hydrogen) atoms. The summed E-state index contributed by atoms with van der Waals surface area (Å²) in [5.41, 5.74) is 1.93. The Labute approximate surface area is 139 Å². The van der Waals surface area contributed by atoms with E-state index in [0.717, 1.165) is 35.4 Å². The first kappa shape index (κ1) is 15.2. The van der Waals surface area contributed by atoms with Crippen LogP contribution in [0.15, 0.2) is 6.20 Å². The molecule has 4 aliphatic rings. The van der Waals surface area contributed by atoms with Gasteiger partial charge in [0.25, 0.3) is 5.91 Å². The van der Waals surface area contributed by atoms with E-state index in [0.29, 0.717) is 11.5 Å². The van der Waals surface area contributed by atoms with E-state index in [9.17, 15) is 4.79 Å². The highest BCUT2D eigenvalue weighted by Crippen LogP contribution is 2.61. The van der Waals surface area contributed by atoms with Gasteiger partial charge in [0, 0.05) is 19.3 Å². The van der Waals surface area contributed by atoms with Gasteiger partial charge >= 0.3 is 0 Å². The van der Waals surface area contributed by atoms with E-state index in [4.69, 9.17) is 0 Å². The first-order chi connectivity index (χ1) is 11.0. The molecule has 4 nitrogen and oxygen atoms in total. The number of amides is 1. The normalized spacial score (nSPS) is 36.2. The van der Waals surface area contributed by atoms with Gasteiger partial charge in [-0.1, -0.05) is 6.92 Å². The number of carbonyl (C=O) groups is 1. The smallest absolute Gasteiger partial charge is 0.254 e. The molecule has 5 rings (SSSR count). The summed E-state index contributed by atoms with van der Waals surface area (Å²) in [6.07, 6.45) is 11.2. The van der Waals surface area contributed by atoms with Crippen molar-refractivity contribution in [3.8, 4) is 0 Å². The highest BCUT2D eigenvalue weighted by Gasteiger charge is 2.54. The Bertz CT molecular complexity index is 583. The molecule has 4 saturated carbocycles. The first-order valence-electron chi connectivity index (χ1n) is 9.30. The molecular weight excluding hydrogens is 286 g/mol. The molecule has 126 valence electrons. The highest BCUT2D eigenvalue weighted by atomic mass is 16.1. The Kier molecular flexibility index (Phi) is 3.54. The monoisotopic (exact) mass is 315 g/mol. The summed E-state index contributed by atoms with van der Waals surface area (Å²) >= 11 is 0. The lowest BCUT2D eigenvalue weighted by molar-refractivity contribution is -0.0727. The van der Waals surface area contributed by atoms with Gasteiger partial charge in [-0.2, -0.15) is 5.10 Å². The topological polar surface area (TPSA) is 46.9 Å². The molecule has 1 atom stereocenters. The zero-order chi connectivity index (χ0) is 16.2. The predicted molar refractivity (Wildman–Crippen MR) is 90.1 cm³/mol. The van der Waals surface area contributed by atoms with Gasteiger partial charge in [-0.3, -0.25) is 9.48 Å². The lowest BCUT2D eigenvalue weighted by atomic mass is 9.47. The Balaban J connectivity index is 1.55. The van der Waals surface area contributed by atoms with Crippen molar-refractivity contribution in [3.05, 3.63) is 17.5 Å². The van der Waals surface area contributed by atoms with Crippen LogP contribution < -0.4 is 5.32 Å². The van der Waals surface area contributed by atoms with Crippen molar-refractivity contribution >= 4 is 5.91 Å². The van der Waals surface area contributed by atoms with Crippen LogP contribution in [0.4, 0.5) is 0 Å². The molecule has 1 unspecified atom stereocenters. The minimum atomic E-state index is 0.0678. The van der Waals surface area contributed by atoms with E-state index >= 15 is 0 Å². The third kappa shape index (κ3) is 2.50. The van der Waals surface area contributed by atoms with Gasteiger partial charge in [0.05, 0.1) is 11.3 Å². The standard InChI is InChI=1S/C19H29N3O/c1-4-17(20-18(23)16-11-22(3)21-12(16)2)19-8-13-5-14(9-19)7-15(6-13)10-19/h11,13-15,17H,4-10H2,1-3H3,(H,20,23). The fourth-order valence-electron chi connectivity index (χ4n) is 6.35. The molecule has 1 N–H and O–H groups in total. The molecule has 1 amide bonds. The molecule has 1 heterocycles. The van der Waals surface area contributed by atoms with Crippen molar-refractivity contribution in [3.63, 3.8) is 0 Å². The van der Waals surface area contributed by atoms with Crippen molar-refractivity contribution in [1.82, 2.24) is 15.1 Å². The SMILES string of the molecule is CCC(NC(=O)c1cn(C)nc1C)C12CC3CC(CC(C3)C1)C2. The number of hydrogen-bond acceptors (Lipinski definition) is 2. The number of aryl methyl sites for hydroxylation is 2. The molecule has 4 aliphatic carbocycles. The van der Waals surface area contributed by atoms with Crippen LogP contribution in [0.3, 0.4) is 0 Å². The molecule has 4 bridgehead atoms. The van der Waals surface area contributed by atoms with E-state index < -0.39 is 0 Å². The van der Waals surface area contributed by atoms with Crippen molar-refractivity contribution in [2.45, 2.75) is 64.8 Å². The molecule has 4 fully saturated rings. The number of rotatable bonds is 4. The second kappa shape index (κ2) is 5.35. The molecule has 0 radical (unpaired) electrons. The third-order valence-corrected chi connectivity index (χ3v) is 6.80. The Hall–Kier alpha value is -1.32. The first-order valence-corrected chi connectivity index (χ1v) is 9.30. The van der Waals surface area contributed by atoms with Gasteiger partial charge in [0.1, 0.15) is 0 Å². The van der Waals surface area contributed by atoms with E-state index in [1.165, 1.54) is 38.5 Å². The maximum Gasteiger partial charge on any atom is 0.254 e. The maximum atomic E-state index is 12.8. The average Bonchev–Trinajstić information content (AvgIpc) is 2.81. The highest BCUT2D eigenvalue weighted by molar-refractivity contribution is 5.95. The van der Waals surface area contributed by atoms with Gasteiger partial charge < -0.3 is 5.32 Å². The van der Waals surface area contributed by atoms with Gasteiger partial charge in [0.15, 0.2) is 0 Å². The Morgan fingerprint density at radius 1 is 1.30 bits per heavy atom. The van der Waals surface area contributed by atoms with E-state index in [1.807, 2.05) is 20.2 Å². The van der Waals surface area contributed by atoms with Crippen molar-refractivity contribution in [2.24, 2.45) is 30.2 Å². The quantitative estimate of drug-likeness (QED) is 0.925. The second-order valence-corrected chi connectivity index (χ2v) is 8.52. The number of aromatic nitrogens is 2. The number of nitrogens with one attached hydrogen (secondary N) is 1. The summed E-state index contributed by atoms with van der Waals surface area (Å²) in [5, 5.41) is 7.72. The van der Waals surface area contributed by atoms with Gasteiger partial charge in [0.2, 0.25) is 0 Å². The van der Waals surface area contributed by atoms with Crippen molar-refractivity contribution < 1.29 is 4.79 Å². The van der Waals surface area contributed by atoms with Crippen LogP contribution in [-0.4, -0.2) is 21.7 Å². The zero-order valence-corrected chi connectivity index (χ0v) is 14.6. The molecule has 0 spiro atoms. The summed E-state index contributed by atoms with van der Waals surface area (Å²) in [6, 6.07) is 0.322. The van der Waals surface area contributed by atoms with Crippen LogP contribution in [-0.2, 0) is 7.05 Å². The van der Waals surface area contributed by atoms with Crippen LogP contribution in [0.1, 0.15) is 67.9 Å². The molecule has 1 aromatic heterocycles. The summed E-state index contributed by atoms with van der Waals surface area (Å²) in [4.78, 5) is 12.8. The minimum Gasteiger partial charge on any atom is -0.349 e. The molecule has 4 heteroatoms. The predicted octanol–water partition coefficient (Wildman–Crippen LogP) is 3.45. The van der Waals surface area contributed by atoms with Gasteiger partial charge in [-0.05, 0) is 75.0 Å². The Morgan fingerprint density at radius 3 is 2.30 bits per heavy atom. The number of nitrogens with zero attached hydrogens (tertiary/aromatic N) is 2. The fraction of sp³-hybridized carbons (Fsp3) is 0.789. The lowest BCUT2D eigenvalue weighted by Gasteiger charge is -2.59. The lowest BCUT2D eigenvalue weighted by Crippen LogP contribution is -2.56. The van der Waals surface area contributed by atoms with Gasteiger partial charge in [-0.15, -0.1) is 0 Å². The summed E-state index contributed by atoms with van der Waals surface area (Å²) in [5.74, 6) is 2.84. The minimum absolute atomic E-state index is 0.0678. The number of carbonyl (C=O) groups excluding carboxylic acids is 1. The van der Waals surface area contributed by atoms with Crippen molar-refractivity contribution in [2.75, 3.05) is 0 Å². The average molecular weight is 315 g/mol. The van der Waals surface area contributed by atoms with E-state index in [1.54, 1.807) is 4.68 Å². The fourth-order valence-corrected chi connectivity index (χ4v) is 6.35. The van der Waals surface area contributed by atoms with Crippen LogP contribution >= 0.6 is 0 Å². The summed E-state index contributed by atoms with van der Waals surface area (Å²) < 4.78 is 1.73. The Morgan fingerprint density at radius 2 is 1.87 bits per heavy atom. The maximum absolute atomic E-state index is 12.8. The second-order valence-electron chi connectivity index (χ2n) is 8.52. The zero-order valence-electron chi connectivity index (χ0n) is 14.6. The third-order valence-electron chi connectivity index (χ3n) is 6.80. The van der Waals surface area contributed by atoms with E-state index in [-0.39, 0.29) is 5.91 Å². The molecule has 0 aromatic carbocycles. The molecule has 0 saturated heterocycles. The van der Waals surface area contributed by atoms with Crippen LogP contribution in [0.5, 0.6) is 0 Å². The van der Waals surface area contributed by atoms with Gasteiger partial charge in [-0.25, -0.2) is 0 Å². The van der Waals surface area contributed by atoms with Crippen molar-refractivity contribution in [1.29, 1.82) is 0 Å². The van der Waals surface area contributed by atoms with E-state index in [2.05, 4.69) is 17.3 Å². The largest absolute Gasteiger partial charge is 0.349 e. The summed E-state index contributed by atoms with van der Waals surface area (Å²) in [6.45, 7) is 4.15. The molecular formula is C19H29N3O. The summed E-state index contributed by atoms with van der Waals surface area (Å²) in [7, 11) is 1.88. The molecule has 0 aliphatic heterocycles. The molecule has 1 aromatic rings. The van der Waals surface area contributed by atoms with Crippen LogP contribution in [0.2, 0.25) is 0 Å².